The molecule has 1 aromatic heterocycles. The zero-order valence-corrected chi connectivity index (χ0v) is 15.5. The van der Waals surface area contributed by atoms with Gasteiger partial charge in [0.15, 0.2) is 0 Å². The van der Waals surface area contributed by atoms with E-state index >= 15 is 0 Å². The number of hydrogen-bond acceptors (Lipinski definition) is 2. The molecule has 1 heterocycles. The van der Waals surface area contributed by atoms with E-state index in [0.29, 0.717) is 0 Å². The Hall–Kier alpha value is -0.350. The number of halogens is 1. The maximum Gasteiger partial charge on any atom is 0.0738 e. The lowest BCUT2D eigenvalue weighted by atomic mass is 9.86. The summed E-state index contributed by atoms with van der Waals surface area (Å²) >= 11 is 3.73. The molecule has 0 bridgehead atoms. The van der Waals surface area contributed by atoms with Crippen LogP contribution >= 0.6 is 15.9 Å². The van der Waals surface area contributed by atoms with E-state index in [1.165, 1.54) is 35.8 Å². The summed E-state index contributed by atoms with van der Waals surface area (Å²) in [5, 5.41) is 8.23. The molecule has 0 aromatic carbocycles. The van der Waals surface area contributed by atoms with Crippen molar-refractivity contribution in [3.8, 4) is 0 Å². The van der Waals surface area contributed by atoms with Crippen LogP contribution in [0.2, 0.25) is 0 Å². The Labute approximate surface area is 138 Å². The lowest BCUT2D eigenvalue weighted by Gasteiger charge is -2.24. The molecule has 2 rings (SSSR count). The Morgan fingerprint density at radius 2 is 1.95 bits per heavy atom. The molecule has 0 radical (unpaired) electrons. The van der Waals surface area contributed by atoms with Crippen LogP contribution in [0.15, 0.2) is 4.47 Å². The smallest absolute Gasteiger partial charge is 0.0738 e. The normalized spacial score (nSPS) is 17.8. The molecule has 0 amide bonds. The zero-order chi connectivity index (χ0) is 15.4. The molecule has 3 nitrogen and oxygen atoms in total. The number of hydrogen-bond donors (Lipinski definition) is 1. The minimum Gasteiger partial charge on any atom is -0.316 e. The summed E-state index contributed by atoms with van der Waals surface area (Å²) in [6.45, 7) is 8.89. The van der Waals surface area contributed by atoms with Crippen molar-refractivity contribution in [3.63, 3.8) is 0 Å². The molecule has 1 aromatic rings. The maximum absolute atomic E-state index is 4.55. The summed E-state index contributed by atoms with van der Waals surface area (Å²) in [5.74, 6) is 2.34. The lowest BCUT2D eigenvalue weighted by Crippen LogP contribution is -2.31. The molecular weight excluding hydrogens is 326 g/mol. The van der Waals surface area contributed by atoms with E-state index < -0.39 is 0 Å². The van der Waals surface area contributed by atoms with E-state index in [4.69, 9.17) is 0 Å². The Balaban J connectivity index is 2.03. The Bertz CT molecular complexity index is 447. The van der Waals surface area contributed by atoms with Gasteiger partial charge in [-0.2, -0.15) is 5.10 Å². The summed E-state index contributed by atoms with van der Waals surface area (Å²) in [6, 6.07) is 0. The minimum atomic E-state index is 0.722. The van der Waals surface area contributed by atoms with Crippen molar-refractivity contribution in [2.75, 3.05) is 13.1 Å². The van der Waals surface area contributed by atoms with Crippen LogP contribution in [0.25, 0.3) is 0 Å². The van der Waals surface area contributed by atoms with Crippen LogP contribution < -0.4 is 5.32 Å². The molecular formula is C17H30BrN3. The highest BCUT2D eigenvalue weighted by Gasteiger charge is 2.27. The highest BCUT2D eigenvalue weighted by Crippen LogP contribution is 2.34. The van der Waals surface area contributed by atoms with E-state index in [-0.39, 0.29) is 0 Å². The molecule has 0 spiro atoms. The van der Waals surface area contributed by atoms with E-state index in [2.05, 4.69) is 58.8 Å². The van der Waals surface area contributed by atoms with Gasteiger partial charge in [0.2, 0.25) is 0 Å². The van der Waals surface area contributed by atoms with Crippen molar-refractivity contribution < 1.29 is 0 Å². The molecule has 0 aliphatic heterocycles. The number of aryl methyl sites for hydroxylation is 2. The fourth-order valence-corrected chi connectivity index (χ4v) is 4.04. The Kier molecular flexibility index (Phi) is 6.30. The predicted molar refractivity (Wildman–Crippen MR) is 92.5 cm³/mol. The van der Waals surface area contributed by atoms with Gasteiger partial charge in [-0.25, -0.2) is 0 Å². The quantitative estimate of drug-likeness (QED) is 0.798. The Morgan fingerprint density at radius 1 is 1.29 bits per heavy atom. The van der Waals surface area contributed by atoms with Gasteiger partial charge < -0.3 is 5.32 Å². The molecule has 1 fully saturated rings. The van der Waals surface area contributed by atoms with Gasteiger partial charge in [0, 0.05) is 7.05 Å². The molecule has 1 atom stereocenters. The first-order valence-corrected chi connectivity index (χ1v) is 9.17. The molecule has 1 N–H and O–H groups in total. The van der Waals surface area contributed by atoms with E-state index in [1.54, 1.807) is 0 Å². The summed E-state index contributed by atoms with van der Waals surface area (Å²) < 4.78 is 3.26. The fourth-order valence-electron chi connectivity index (χ4n) is 3.54. The summed E-state index contributed by atoms with van der Waals surface area (Å²) in [7, 11) is 2.07. The average molecular weight is 356 g/mol. The van der Waals surface area contributed by atoms with Crippen LogP contribution in [0, 0.1) is 24.7 Å². The summed E-state index contributed by atoms with van der Waals surface area (Å²) in [6.07, 6.45) is 6.77. The number of aromatic nitrogens is 2. The molecule has 1 unspecified atom stereocenters. The number of rotatable bonds is 7. The van der Waals surface area contributed by atoms with Crippen molar-refractivity contribution in [1.82, 2.24) is 15.1 Å². The Morgan fingerprint density at radius 3 is 2.48 bits per heavy atom. The van der Waals surface area contributed by atoms with Crippen molar-refractivity contribution in [2.24, 2.45) is 24.8 Å². The summed E-state index contributed by atoms with van der Waals surface area (Å²) in [5.41, 5.74) is 2.46. The van der Waals surface area contributed by atoms with Gasteiger partial charge in [-0.15, -0.1) is 0 Å². The molecule has 1 aliphatic rings. The third-order valence-electron chi connectivity index (χ3n) is 4.74. The fraction of sp³-hybridized carbons (Fsp3) is 0.824. The van der Waals surface area contributed by atoms with E-state index in [9.17, 15) is 0 Å². The van der Waals surface area contributed by atoms with Gasteiger partial charge in [0.05, 0.1) is 15.9 Å². The van der Waals surface area contributed by atoms with Gasteiger partial charge in [0.1, 0.15) is 0 Å². The van der Waals surface area contributed by atoms with Gasteiger partial charge in [-0.1, -0.05) is 39.5 Å². The molecule has 120 valence electrons. The van der Waals surface area contributed by atoms with E-state index in [0.717, 1.165) is 43.0 Å². The zero-order valence-electron chi connectivity index (χ0n) is 14.0. The highest BCUT2D eigenvalue weighted by molar-refractivity contribution is 9.10. The monoisotopic (exact) mass is 355 g/mol. The average Bonchev–Trinajstić information content (AvgIpc) is 3.01. The van der Waals surface area contributed by atoms with Crippen LogP contribution in [0.4, 0.5) is 0 Å². The predicted octanol–water partition coefficient (Wildman–Crippen LogP) is 4.09. The first-order valence-electron chi connectivity index (χ1n) is 8.37. The molecule has 1 aliphatic carbocycles. The standard InChI is InChI=1S/C17H30BrN3/c1-12(2)10-19-11-15(14-7-5-6-8-14)9-16-17(18)13(3)20-21(16)4/h12,14-15,19H,5-11H2,1-4H3. The number of nitrogens with zero attached hydrogens (tertiary/aromatic N) is 2. The van der Waals surface area contributed by atoms with Crippen LogP contribution in [-0.2, 0) is 13.5 Å². The second-order valence-corrected chi connectivity index (χ2v) is 7.82. The second kappa shape index (κ2) is 7.77. The highest BCUT2D eigenvalue weighted by atomic mass is 79.9. The molecule has 4 heteroatoms. The van der Waals surface area contributed by atoms with Gasteiger partial charge in [-0.05, 0) is 60.1 Å². The second-order valence-electron chi connectivity index (χ2n) is 7.03. The van der Waals surface area contributed by atoms with Crippen LogP contribution in [0.3, 0.4) is 0 Å². The van der Waals surface area contributed by atoms with Crippen molar-refractivity contribution >= 4 is 15.9 Å². The first kappa shape index (κ1) is 17.0. The van der Waals surface area contributed by atoms with Crippen LogP contribution in [0.5, 0.6) is 0 Å². The first-order chi connectivity index (χ1) is 9.99. The van der Waals surface area contributed by atoms with Crippen molar-refractivity contribution in [2.45, 2.75) is 52.9 Å². The van der Waals surface area contributed by atoms with Gasteiger partial charge in [0.25, 0.3) is 0 Å². The van der Waals surface area contributed by atoms with Crippen molar-refractivity contribution in [3.05, 3.63) is 15.9 Å². The van der Waals surface area contributed by atoms with Gasteiger partial charge >= 0.3 is 0 Å². The molecule has 0 saturated heterocycles. The third-order valence-corrected chi connectivity index (χ3v) is 5.77. The number of nitrogens with one attached hydrogen (secondary N) is 1. The van der Waals surface area contributed by atoms with Crippen LogP contribution in [0.1, 0.15) is 50.9 Å². The third kappa shape index (κ3) is 4.56. The SMILES string of the molecule is Cc1nn(C)c(CC(CNCC(C)C)C2CCCC2)c1Br. The molecule has 21 heavy (non-hydrogen) atoms. The summed E-state index contributed by atoms with van der Waals surface area (Å²) in [4.78, 5) is 0. The van der Waals surface area contributed by atoms with E-state index in [1.807, 2.05) is 0 Å². The maximum atomic E-state index is 4.55. The van der Waals surface area contributed by atoms with Crippen molar-refractivity contribution in [1.29, 1.82) is 0 Å². The lowest BCUT2D eigenvalue weighted by molar-refractivity contribution is 0.310. The van der Waals surface area contributed by atoms with Gasteiger partial charge in [-0.3, -0.25) is 4.68 Å². The van der Waals surface area contributed by atoms with Crippen LogP contribution in [-0.4, -0.2) is 22.9 Å². The minimum absolute atomic E-state index is 0.722. The topological polar surface area (TPSA) is 29.9 Å². The largest absolute Gasteiger partial charge is 0.316 e. The molecule has 1 saturated carbocycles.